The fourth-order valence-corrected chi connectivity index (χ4v) is 1.90. The zero-order valence-electron chi connectivity index (χ0n) is 10.0. The van der Waals surface area contributed by atoms with Crippen LogP contribution in [0.4, 0.5) is 0 Å². The molecule has 0 saturated carbocycles. The molecule has 0 radical (unpaired) electrons. The van der Waals surface area contributed by atoms with Crippen LogP contribution in [0.25, 0.3) is 0 Å². The van der Waals surface area contributed by atoms with Gasteiger partial charge < -0.3 is 5.32 Å². The average Bonchev–Trinajstić information content (AvgIpc) is 2.21. The third kappa shape index (κ3) is 8.59. The van der Waals surface area contributed by atoms with Crippen LogP contribution in [0.15, 0.2) is 0 Å². The van der Waals surface area contributed by atoms with E-state index >= 15 is 0 Å². The third-order valence-electron chi connectivity index (χ3n) is 2.35. The Hall–Kier alpha value is -0.400. The normalized spacial score (nSPS) is 13.5. The molecular weight excluding hydrogens is 208 g/mol. The molecule has 0 saturated heterocycles. The molecule has 88 valence electrons. The molecule has 0 spiro atoms. The van der Waals surface area contributed by atoms with Crippen molar-refractivity contribution in [1.82, 2.24) is 5.32 Å². The van der Waals surface area contributed by atoms with E-state index in [0.717, 1.165) is 31.0 Å². The van der Waals surface area contributed by atoms with Crippen LogP contribution in [-0.4, -0.2) is 28.8 Å². The second-order valence-corrected chi connectivity index (χ2v) is 6.30. The second kappa shape index (κ2) is 7.84. The number of nitrogens with zero attached hydrogens (tertiary/aromatic N) is 1. The summed E-state index contributed by atoms with van der Waals surface area (Å²) in [6, 6.07) is 2.17. The molecule has 0 amide bonds. The SMILES string of the molecule is CCS(=O)CCNCC(C)(C)CCC#N. The summed E-state index contributed by atoms with van der Waals surface area (Å²) in [5.41, 5.74) is 0.156. The Morgan fingerprint density at radius 3 is 2.67 bits per heavy atom. The number of rotatable bonds is 8. The van der Waals surface area contributed by atoms with Crippen molar-refractivity contribution in [1.29, 1.82) is 5.26 Å². The van der Waals surface area contributed by atoms with Crippen molar-refractivity contribution in [2.24, 2.45) is 5.41 Å². The molecular formula is C11H22N2OS. The molecule has 0 rings (SSSR count). The minimum atomic E-state index is -0.675. The molecule has 0 aromatic carbocycles. The first-order valence-corrected chi connectivity index (χ1v) is 6.93. The van der Waals surface area contributed by atoms with E-state index in [9.17, 15) is 4.21 Å². The van der Waals surface area contributed by atoms with Gasteiger partial charge in [0.15, 0.2) is 0 Å². The maximum Gasteiger partial charge on any atom is 0.0621 e. The van der Waals surface area contributed by atoms with Crippen molar-refractivity contribution >= 4 is 10.8 Å². The first kappa shape index (κ1) is 14.6. The summed E-state index contributed by atoms with van der Waals surface area (Å²) in [5, 5.41) is 11.8. The van der Waals surface area contributed by atoms with E-state index in [4.69, 9.17) is 5.26 Å². The zero-order valence-corrected chi connectivity index (χ0v) is 10.8. The van der Waals surface area contributed by atoms with Crippen LogP contribution in [0.5, 0.6) is 0 Å². The van der Waals surface area contributed by atoms with Gasteiger partial charge in [0.1, 0.15) is 0 Å². The number of hydrogen-bond donors (Lipinski definition) is 1. The maximum absolute atomic E-state index is 11.1. The van der Waals surface area contributed by atoms with E-state index in [2.05, 4.69) is 25.2 Å². The average molecular weight is 230 g/mol. The molecule has 15 heavy (non-hydrogen) atoms. The monoisotopic (exact) mass is 230 g/mol. The van der Waals surface area contributed by atoms with Gasteiger partial charge >= 0.3 is 0 Å². The molecule has 4 heteroatoms. The minimum absolute atomic E-state index is 0.156. The van der Waals surface area contributed by atoms with Crippen molar-refractivity contribution < 1.29 is 4.21 Å². The van der Waals surface area contributed by atoms with Gasteiger partial charge in [-0.3, -0.25) is 4.21 Å². The summed E-state index contributed by atoms with van der Waals surface area (Å²) in [6.07, 6.45) is 1.52. The van der Waals surface area contributed by atoms with Crippen molar-refractivity contribution in [3.8, 4) is 6.07 Å². The van der Waals surface area contributed by atoms with E-state index in [1.165, 1.54) is 0 Å². The van der Waals surface area contributed by atoms with E-state index in [1.807, 2.05) is 6.92 Å². The van der Waals surface area contributed by atoms with E-state index < -0.39 is 10.8 Å². The lowest BCUT2D eigenvalue weighted by Gasteiger charge is -2.23. The van der Waals surface area contributed by atoms with Crippen LogP contribution in [-0.2, 0) is 10.8 Å². The molecule has 0 aliphatic heterocycles. The van der Waals surface area contributed by atoms with Gasteiger partial charge in [0.25, 0.3) is 0 Å². The first-order chi connectivity index (χ1) is 7.02. The van der Waals surface area contributed by atoms with Crippen LogP contribution < -0.4 is 5.32 Å². The van der Waals surface area contributed by atoms with Crippen molar-refractivity contribution in [2.45, 2.75) is 33.6 Å². The predicted octanol–water partition coefficient (Wildman–Crippen LogP) is 1.67. The predicted molar refractivity (Wildman–Crippen MR) is 65.0 cm³/mol. The molecule has 0 aliphatic carbocycles. The quantitative estimate of drug-likeness (QED) is 0.645. The lowest BCUT2D eigenvalue weighted by Crippen LogP contribution is -2.32. The summed E-state index contributed by atoms with van der Waals surface area (Å²) in [7, 11) is -0.675. The molecule has 0 aliphatic rings. The standard InChI is InChI=1S/C11H22N2OS/c1-4-15(14)9-8-13-10-11(2,3)6-5-7-12/h13H,4-6,8-10H2,1-3H3. The Morgan fingerprint density at radius 1 is 1.47 bits per heavy atom. The highest BCUT2D eigenvalue weighted by Crippen LogP contribution is 2.20. The highest BCUT2D eigenvalue weighted by atomic mass is 32.2. The van der Waals surface area contributed by atoms with Gasteiger partial charge in [-0.15, -0.1) is 0 Å². The number of nitriles is 1. The summed E-state index contributed by atoms with van der Waals surface area (Å²) in [5.74, 6) is 1.46. The van der Waals surface area contributed by atoms with Gasteiger partial charge in [-0.1, -0.05) is 20.8 Å². The van der Waals surface area contributed by atoms with Crippen molar-refractivity contribution in [3.63, 3.8) is 0 Å². The Kier molecular flexibility index (Phi) is 7.63. The minimum Gasteiger partial charge on any atom is -0.315 e. The summed E-state index contributed by atoms with van der Waals surface area (Å²) < 4.78 is 11.1. The molecule has 1 N–H and O–H groups in total. The van der Waals surface area contributed by atoms with Crippen LogP contribution in [0, 0.1) is 16.7 Å². The van der Waals surface area contributed by atoms with Crippen molar-refractivity contribution in [3.05, 3.63) is 0 Å². The number of hydrogen-bond acceptors (Lipinski definition) is 3. The molecule has 3 nitrogen and oxygen atoms in total. The Bertz CT molecular complexity index is 233. The Labute approximate surface area is 95.7 Å². The van der Waals surface area contributed by atoms with E-state index in [0.29, 0.717) is 6.42 Å². The molecule has 0 bridgehead atoms. The molecule has 1 unspecified atom stereocenters. The largest absolute Gasteiger partial charge is 0.315 e. The summed E-state index contributed by atoms with van der Waals surface area (Å²) in [6.45, 7) is 7.92. The van der Waals surface area contributed by atoms with Gasteiger partial charge in [0.2, 0.25) is 0 Å². The fourth-order valence-electron chi connectivity index (χ4n) is 1.24. The van der Waals surface area contributed by atoms with Gasteiger partial charge in [-0.2, -0.15) is 5.26 Å². The summed E-state index contributed by atoms with van der Waals surface area (Å²) in [4.78, 5) is 0. The van der Waals surface area contributed by atoms with Crippen LogP contribution in [0.3, 0.4) is 0 Å². The smallest absolute Gasteiger partial charge is 0.0621 e. The lowest BCUT2D eigenvalue weighted by atomic mass is 9.88. The first-order valence-electron chi connectivity index (χ1n) is 5.44. The fraction of sp³-hybridized carbons (Fsp3) is 0.909. The van der Waals surface area contributed by atoms with Crippen LogP contribution >= 0.6 is 0 Å². The highest BCUT2D eigenvalue weighted by molar-refractivity contribution is 7.84. The zero-order chi connectivity index (χ0) is 11.7. The Balaban J connectivity index is 3.57. The molecule has 1 atom stereocenters. The van der Waals surface area contributed by atoms with E-state index in [1.54, 1.807) is 0 Å². The molecule has 0 aromatic heterocycles. The topological polar surface area (TPSA) is 52.9 Å². The van der Waals surface area contributed by atoms with E-state index in [-0.39, 0.29) is 5.41 Å². The van der Waals surface area contributed by atoms with Gasteiger partial charge in [0, 0.05) is 41.8 Å². The van der Waals surface area contributed by atoms with Gasteiger partial charge in [-0.05, 0) is 11.8 Å². The molecule has 0 aromatic rings. The third-order valence-corrected chi connectivity index (χ3v) is 3.65. The lowest BCUT2D eigenvalue weighted by molar-refractivity contribution is 0.322. The van der Waals surface area contributed by atoms with Gasteiger partial charge in [-0.25, -0.2) is 0 Å². The highest BCUT2D eigenvalue weighted by Gasteiger charge is 2.16. The maximum atomic E-state index is 11.1. The molecule has 0 fully saturated rings. The molecule has 0 heterocycles. The number of nitrogens with one attached hydrogen (secondary N) is 1. The van der Waals surface area contributed by atoms with Crippen molar-refractivity contribution in [2.75, 3.05) is 24.6 Å². The Morgan fingerprint density at radius 2 is 2.13 bits per heavy atom. The van der Waals surface area contributed by atoms with Crippen LogP contribution in [0.2, 0.25) is 0 Å². The van der Waals surface area contributed by atoms with Crippen LogP contribution in [0.1, 0.15) is 33.6 Å². The summed E-state index contributed by atoms with van der Waals surface area (Å²) >= 11 is 0. The van der Waals surface area contributed by atoms with Gasteiger partial charge in [0.05, 0.1) is 6.07 Å². The second-order valence-electron chi connectivity index (χ2n) is 4.43.